The van der Waals surface area contributed by atoms with E-state index in [0.717, 1.165) is 30.6 Å². The average molecular weight is 308 g/mol. The Balaban J connectivity index is 1.70. The maximum absolute atomic E-state index is 11.7. The van der Waals surface area contributed by atoms with Crippen LogP contribution in [0.4, 0.5) is 4.79 Å². The summed E-state index contributed by atoms with van der Waals surface area (Å²) in [6, 6.07) is 6.45. The summed E-state index contributed by atoms with van der Waals surface area (Å²) in [6.45, 7) is 0. The first kappa shape index (κ1) is 15.7. The van der Waals surface area contributed by atoms with Gasteiger partial charge in [0.25, 0.3) is 0 Å². The number of carbonyl (C=O) groups is 2. The van der Waals surface area contributed by atoms with Crippen LogP contribution in [0.15, 0.2) is 29.2 Å². The van der Waals surface area contributed by atoms with E-state index < -0.39 is 6.03 Å². The van der Waals surface area contributed by atoms with Gasteiger partial charge in [-0.15, -0.1) is 11.8 Å². The molecule has 1 aromatic rings. The Kier molecular flexibility index (Phi) is 5.92. The molecule has 6 heteroatoms. The topological polar surface area (TPSA) is 78.4 Å². The molecular formula is C15H20N2O3S. The lowest BCUT2D eigenvalue weighted by molar-refractivity contribution is -0.117. The van der Waals surface area contributed by atoms with Gasteiger partial charge in [0.15, 0.2) is 0 Å². The van der Waals surface area contributed by atoms with Crippen LogP contribution in [-0.2, 0) is 4.79 Å². The van der Waals surface area contributed by atoms with Crippen molar-refractivity contribution in [1.82, 2.24) is 10.6 Å². The number of urea groups is 1. The summed E-state index contributed by atoms with van der Waals surface area (Å²) in [5, 5.41) is 14.5. The fraction of sp³-hybridized carbons (Fsp3) is 0.467. The molecule has 0 bridgehead atoms. The molecule has 0 heterocycles. The van der Waals surface area contributed by atoms with Crippen molar-refractivity contribution in [2.24, 2.45) is 0 Å². The van der Waals surface area contributed by atoms with Gasteiger partial charge in [-0.2, -0.15) is 0 Å². The number of nitrogens with one attached hydrogen (secondary N) is 2. The predicted octanol–water partition coefficient (Wildman–Crippen LogP) is 2.64. The van der Waals surface area contributed by atoms with Crippen molar-refractivity contribution in [3.8, 4) is 5.75 Å². The molecule has 1 aliphatic carbocycles. The zero-order chi connectivity index (χ0) is 15.1. The Hall–Kier alpha value is -1.69. The van der Waals surface area contributed by atoms with E-state index in [1.807, 2.05) is 0 Å². The zero-order valence-electron chi connectivity index (χ0n) is 11.8. The molecule has 1 fully saturated rings. The third-order valence-electron chi connectivity index (χ3n) is 3.38. The van der Waals surface area contributed by atoms with Gasteiger partial charge in [0.05, 0.1) is 5.75 Å². The number of thioether (sulfide) groups is 1. The molecule has 0 radical (unpaired) electrons. The number of phenolic OH excluding ortho intramolecular Hbond substituents is 1. The molecule has 0 aliphatic heterocycles. The number of hydrogen-bond donors (Lipinski definition) is 3. The van der Waals surface area contributed by atoms with Crippen molar-refractivity contribution < 1.29 is 14.7 Å². The molecule has 3 amide bonds. The largest absolute Gasteiger partial charge is 0.508 e. The van der Waals surface area contributed by atoms with Crippen LogP contribution in [-0.4, -0.2) is 28.8 Å². The average Bonchev–Trinajstić information content (AvgIpc) is 2.46. The lowest BCUT2D eigenvalue weighted by Gasteiger charge is -2.22. The predicted molar refractivity (Wildman–Crippen MR) is 82.4 cm³/mol. The van der Waals surface area contributed by atoms with Crippen LogP contribution in [0.3, 0.4) is 0 Å². The second kappa shape index (κ2) is 7.93. The summed E-state index contributed by atoms with van der Waals surface area (Å²) in [7, 11) is 0. The molecule has 1 aromatic carbocycles. The van der Waals surface area contributed by atoms with Crippen LogP contribution in [0.2, 0.25) is 0 Å². The first-order chi connectivity index (χ1) is 10.1. The lowest BCUT2D eigenvalue weighted by atomic mass is 9.96. The minimum Gasteiger partial charge on any atom is -0.508 e. The van der Waals surface area contributed by atoms with E-state index >= 15 is 0 Å². The van der Waals surface area contributed by atoms with Crippen molar-refractivity contribution in [2.75, 3.05) is 5.75 Å². The molecule has 0 atom stereocenters. The van der Waals surface area contributed by atoms with Crippen LogP contribution < -0.4 is 10.6 Å². The fourth-order valence-corrected chi connectivity index (χ4v) is 3.10. The van der Waals surface area contributed by atoms with E-state index in [0.29, 0.717) is 0 Å². The van der Waals surface area contributed by atoms with Gasteiger partial charge in [0.2, 0.25) is 5.91 Å². The highest BCUT2D eigenvalue weighted by molar-refractivity contribution is 8.00. The van der Waals surface area contributed by atoms with E-state index in [4.69, 9.17) is 0 Å². The van der Waals surface area contributed by atoms with Gasteiger partial charge in [0, 0.05) is 10.9 Å². The van der Waals surface area contributed by atoms with Gasteiger partial charge in [-0.05, 0) is 31.0 Å². The Morgan fingerprint density at radius 2 is 2.00 bits per heavy atom. The van der Waals surface area contributed by atoms with Crippen LogP contribution >= 0.6 is 11.8 Å². The van der Waals surface area contributed by atoms with Gasteiger partial charge < -0.3 is 10.4 Å². The van der Waals surface area contributed by atoms with Gasteiger partial charge in [-0.3, -0.25) is 10.1 Å². The molecule has 0 spiro atoms. The quantitative estimate of drug-likeness (QED) is 0.747. The first-order valence-corrected chi connectivity index (χ1v) is 8.14. The third-order valence-corrected chi connectivity index (χ3v) is 4.37. The number of hydrogen-bond acceptors (Lipinski definition) is 4. The number of rotatable bonds is 4. The van der Waals surface area contributed by atoms with Gasteiger partial charge >= 0.3 is 6.03 Å². The molecule has 0 aromatic heterocycles. The van der Waals surface area contributed by atoms with Crippen LogP contribution in [0, 0.1) is 0 Å². The normalized spacial score (nSPS) is 15.4. The summed E-state index contributed by atoms with van der Waals surface area (Å²) in [5.41, 5.74) is 0. The minimum absolute atomic E-state index is 0.140. The Labute approximate surface area is 128 Å². The molecule has 2 rings (SSSR count). The highest BCUT2D eigenvalue weighted by Gasteiger charge is 2.16. The van der Waals surface area contributed by atoms with Crippen LogP contribution in [0.25, 0.3) is 0 Å². The minimum atomic E-state index is -0.414. The Bertz CT molecular complexity index is 501. The van der Waals surface area contributed by atoms with Crippen LogP contribution in [0.1, 0.15) is 32.1 Å². The second-order valence-corrected chi connectivity index (χ2v) is 6.19. The summed E-state index contributed by atoms with van der Waals surface area (Å²) in [6.07, 6.45) is 5.46. The summed E-state index contributed by atoms with van der Waals surface area (Å²) in [5.74, 6) is -0.0336. The molecule has 21 heavy (non-hydrogen) atoms. The van der Waals surface area contributed by atoms with E-state index in [9.17, 15) is 14.7 Å². The molecule has 0 unspecified atom stereocenters. The molecule has 3 N–H and O–H groups in total. The fourth-order valence-electron chi connectivity index (χ4n) is 2.35. The summed E-state index contributed by atoms with van der Waals surface area (Å²) in [4.78, 5) is 24.2. The van der Waals surface area contributed by atoms with Crippen LogP contribution in [0.5, 0.6) is 5.75 Å². The second-order valence-electron chi connectivity index (χ2n) is 5.14. The van der Waals surface area contributed by atoms with E-state index in [1.165, 1.54) is 18.2 Å². The zero-order valence-corrected chi connectivity index (χ0v) is 12.6. The lowest BCUT2D eigenvalue weighted by Crippen LogP contribution is -2.45. The number of carbonyl (C=O) groups excluding carboxylic acids is 2. The van der Waals surface area contributed by atoms with E-state index in [-0.39, 0.29) is 23.5 Å². The van der Waals surface area contributed by atoms with E-state index in [2.05, 4.69) is 10.6 Å². The number of phenols is 1. The maximum Gasteiger partial charge on any atom is 0.321 e. The molecule has 114 valence electrons. The Morgan fingerprint density at radius 1 is 1.24 bits per heavy atom. The SMILES string of the molecule is O=C(CSc1cccc(O)c1)NC(=O)NC1CCCCC1. The Morgan fingerprint density at radius 3 is 2.71 bits per heavy atom. The molecule has 1 aliphatic rings. The van der Waals surface area contributed by atoms with Gasteiger partial charge in [-0.25, -0.2) is 4.79 Å². The van der Waals surface area contributed by atoms with Crippen molar-refractivity contribution in [3.63, 3.8) is 0 Å². The van der Waals surface area contributed by atoms with Crippen molar-refractivity contribution in [1.29, 1.82) is 0 Å². The smallest absolute Gasteiger partial charge is 0.321 e. The number of benzene rings is 1. The third kappa shape index (κ3) is 5.67. The molecule has 1 saturated carbocycles. The van der Waals surface area contributed by atoms with Crippen molar-refractivity contribution in [2.45, 2.75) is 43.0 Å². The summed E-state index contributed by atoms with van der Waals surface area (Å²) >= 11 is 1.28. The maximum atomic E-state index is 11.7. The number of aromatic hydroxyl groups is 1. The highest BCUT2D eigenvalue weighted by atomic mass is 32.2. The van der Waals surface area contributed by atoms with Crippen molar-refractivity contribution >= 4 is 23.7 Å². The molecule has 5 nitrogen and oxygen atoms in total. The number of imide groups is 1. The van der Waals surface area contributed by atoms with Gasteiger partial charge in [-0.1, -0.05) is 25.3 Å². The highest BCUT2D eigenvalue weighted by Crippen LogP contribution is 2.21. The number of amides is 3. The molecule has 0 saturated heterocycles. The standard InChI is InChI=1S/C15H20N2O3S/c18-12-7-4-8-13(9-12)21-10-14(19)17-15(20)16-11-5-2-1-3-6-11/h4,7-9,11,18H,1-3,5-6,10H2,(H2,16,17,19,20). The monoisotopic (exact) mass is 308 g/mol. The summed E-state index contributed by atoms with van der Waals surface area (Å²) < 4.78 is 0. The van der Waals surface area contributed by atoms with Gasteiger partial charge in [0.1, 0.15) is 5.75 Å². The molecular weight excluding hydrogens is 288 g/mol. The first-order valence-electron chi connectivity index (χ1n) is 7.15. The van der Waals surface area contributed by atoms with Crippen molar-refractivity contribution in [3.05, 3.63) is 24.3 Å². The van der Waals surface area contributed by atoms with E-state index in [1.54, 1.807) is 24.3 Å².